The van der Waals surface area contributed by atoms with Crippen LogP contribution in [0.25, 0.3) is 11.0 Å². The van der Waals surface area contributed by atoms with Crippen LogP contribution in [0, 0.1) is 5.92 Å². The summed E-state index contributed by atoms with van der Waals surface area (Å²) in [6, 6.07) is 5.93. The Bertz CT molecular complexity index is 648. The monoisotopic (exact) mass is 320 g/mol. The summed E-state index contributed by atoms with van der Waals surface area (Å²) in [5.74, 6) is 0.389. The number of amides is 1. The van der Waals surface area contributed by atoms with Gasteiger partial charge in [0.1, 0.15) is 5.52 Å². The minimum Gasteiger partial charge on any atom is -0.347 e. The highest BCUT2D eigenvalue weighted by molar-refractivity contribution is 6.04. The molecule has 0 saturated carbocycles. The molecule has 5 nitrogen and oxygen atoms in total. The molecule has 1 aliphatic rings. The number of carbonyl (C=O) groups is 1. The summed E-state index contributed by atoms with van der Waals surface area (Å²) in [6.45, 7) is 5.31. The Hall–Kier alpha value is -1.72. The number of para-hydroxylation sites is 1. The highest BCUT2D eigenvalue weighted by Gasteiger charge is 2.29. The van der Waals surface area contributed by atoms with E-state index in [1.165, 1.54) is 0 Å². The van der Waals surface area contributed by atoms with Crippen LogP contribution in [-0.2, 0) is 0 Å². The quantitative estimate of drug-likeness (QED) is 0.890. The Balaban J connectivity index is 0.00000176. The number of rotatable bonds is 2. The lowest BCUT2D eigenvalue weighted by molar-refractivity contribution is 0.0899. The molecular formula is C16H21ClN4O. The fourth-order valence-electron chi connectivity index (χ4n) is 3.01. The second-order valence-electron chi connectivity index (χ2n) is 5.74. The number of halogens is 1. The SMILES string of the molecule is CC1CCNC(C)C1NC(=O)c1cccc2nccnc12.Cl. The first-order valence-corrected chi connectivity index (χ1v) is 7.41. The first-order valence-electron chi connectivity index (χ1n) is 7.41. The average Bonchev–Trinajstić information content (AvgIpc) is 2.50. The molecule has 0 radical (unpaired) electrons. The summed E-state index contributed by atoms with van der Waals surface area (Å²) >= 11 is 0. The van der Waals surface area contributed by atoms with E-state index in [0.29, 0.717) is 17.0 Å². The molecule has 118 valence electrons. The average molecular weight is 321 g/mol. The molecule has 1 saturated heterocycles. The van der Waals surface area contributed by atoms with Gasteiger partial charge < -0.3 is 10.6 Å². The Kier molecular flexibility index (Phi) is 5.32. The van der Waals surface area contributed by atoms with Gasteiger partial charge in [-0.2, -0.15) is 0 Å². The third-order valence-electron chi connectivity index (χ3n) is 4.26. The van der Waals surface area contributed by atoms with Crippen molar-refractivity contribution in [2.24, 2.45) is 5.92 Å². The third-order valence-corrected chi connectivity index (χ3v) is 4.26. The van der Waals surface area contributed by atoms with E-state index in [4.69, 9.17) is 0 Å². The smallest absolute Gasteiger partial charge is 0.253 e. The summed E-state index contributed by atoms with van der Waals surface area (Å²) in [4.78, 5) is 21.2. The minimum absolute atomic E-state index is 0. The van der Waals surface area contributed by atoms with Crippen LogP contribution < -0.4 is 10.6 Å². The molecule has 2 heterocycles. The fourth-order valence-corrected chi connectivity index (χ4v) is 3.01. The second kappa shape index (κ2) is 7.03. The van der Waals surface area contributed by atoms with Gasteiger partial charge in [0.25, 0.3) is 5.91 Å². The van der Waals surface area contributed by atoms with E-state index in [0.717, 1.165) is 18.5 Å². The molecule has 0 bridgehead atoms. The topological polar surface area (TPSA) is 66.9 Å². The van der Waals surface area contributed by atoms with Gasteiger partial charge in [-0.25, -0.2) is 0 Å². The van der Waals surface area contributed by atoms with Crippen LogP contribution in [0.15, 0.2) is 30.6 Å². The molecule has 0 aliphatic carbocycles. The zero-order valence-corrected chi connectivity index (χ0v) is 13.6. The molecule has 0 spiro atoms. The van der Waals surface area contributed by atoms with E-state index >= 15 is 0 Å². The molecule has 3 atom stereocenters. The van der Waals surface area contributed by atoms with Crippen molar-refractivity contribution < 1.29 is 4.79 Å². The predicted octanol–water partition coefficient (Wildman–Crippen LogP) is 2.17. The van der Waals surface area contributed by atoms with Gasteiger partial charge in [0.2, 0.25) is 0 Å². The number of benzene rings is 1. The molecule has 3 rings (SSSR count). The van der Waals surface area contributed by atoms with Crippen LogP contribution in [-0.4, -0.2) is 34.5 Å². The molecule has 22 heavy (non-hydrogen) atoms. The van der Waals surface area contributed by atoms with Crippen molar-refractivity contribution in [3.05, 3.63) is 36.2 Å². The molecule has 1 aromatic heterocycles. The molecule has 2 aromatic rings. The maximum Gasteiger partial charge on any atom is 0.253 e. The lowest BCUT2D eigenvalue weighted by atomic mass is 9.89. The first-order chi connectivity index (χ1) is 10.2. The number of carbonyl (C=O) groups excluding carboxylic acids is 1. The number of nitrogens with zero attached hydrogens (tertiary/aromatic N) is 2. The fraction of sp³-hybridized carbons (Fsp3) is 0.438. The Labute approximate surface area is 136 Å². The van der Waals surface area contributed by atoms with E-state index in [2.05, 4.69) is 34.4 Å². The normalized spacial score (nSPS) is 24.5. The van der Waals surface area contributed by atoms with Gasteiger partial charge >= 0.3 is 0 Å². The maximum absolute atomic E-state index is 12.6. The van der Waals surface area contributed by atoms with E-state index in [1.54, 1.807) is 18.5 Å². The van der Waals surface area contributed by atoms with Crippen LogP contribution in [0.5, 0.6) is 0 Å². The van der Waals surface area contributed by atoms with E-state index in [9.17, 15) is 4.79 Å². The van der Waals surface area contributed by atoms with E-state index < -0.39 is 0 Å². The summed E-state index contributed by atoms with van der Waals surface area (Å²) in [6.07, 6.45) is 4.33. The number of hydrogen-bond donors (Lipinski definition) is 2. The van der Waals surface area contributed by atoms with Gasteiger partial charge in [0, 0.05) is 24.5 Å². The summed E-state index contributed by atoms with van der Waals surface area (Å²) < 4.78 is 0. The van der Waals surface area contributed by atoms with Gasteiger partial charge in [0.15, 0.2) is 0 Å². The first kappa shape index (κ1) is 16.6. The van der Waals surface area contributed by atoms with Crippen molar-refractivity contribution in [3.63, 3.8) is 0 Å². The van der Waals surface area contributed by atoms with E-state index in [-0.39, 0.29) is 30.4 Å². The summed E-state index contributed by atoms with van der Waals surface area (Å²) in [7, 11) is 0. The highest BCUT2D eigenvalue weighted by atomic mass is 35.5. The van der Waals surface area contributed by atoms with Crippen molar-refractivity contribution in [1.82, 2.24) is 20.6 Å². The molecular weight excluding hydrogens is 300 g/mol. The van der Waals surface area contributed by atoms with Crippen molar-refractivity contribution in [1.29, 1.82) is 0 Å². The number of hydrogen-bond acceptors (Lipinski definition) is 4. The second-order valence-corrected chi connectivity index (χ2v) is 5.74. The van der Waals surface area contributed by atoms with Crippen molar-refractivity contribution >= 4 is 29.3 Å². The van der Waals surface area contributed by atoms with Gasteiger partial charge in [0.05, 0.1) is 11.1 Å². The minimum atomic E-state index is -0.0755. The molecule has 1 aromatic carbocycles. The molecule has 3 unspecified atom stereocenters. The molecule has 6 heteroatoms. The van der Waals surface area contributed by atoms with Gasteiger partial charge in [-0.3, -0.25) is 14.8 Å². The molecule has 2 N–H and O–H groups in total. The number of piperidine rings is 1. The number of aromatic nitrogens is 2. The summed E-state index contributed by atoms with van der Waals surface area (Å²) in [5.41, 5.74) is 1.99. The zero-order valence-electron chi connectivity index (χ0n) is 12.7. The number of nitrogens with one attached hydrogen (secondary N) is 2. The van der Waals surface area contributed by atoms with Crippen molar-refractivity contribution in [2.45, 2.75) is 32.4 Å². The Morgan fingerprint density at radius 3 is 2.82 bits per heavy atom. The zero-order chi connectivity index (χ0) is 14.8. The largest absolute Gasteiger partial charge is 0.347 e. The lowest BCUT2D eigenvalue weighted by Crippen LogP contribution is -2.55. The van der Waals surface area contributed by atoms with Crippen LogP contribution in [0.2, 0.25) is 0 Å². The van der Waals surface area contributed by atoms with Crippen molar-refractivity contribution in [2.75, 3.05) is 6.54 Å². The van der Waals surface area contributed by atoms with Crippen LogP contribution in [0.1, 0.15) is 30.6 Å². The summed E-state index contributed by atoms with van der Waals surface area (Å²) in [5, 5.41) is 6.57. The standard InChI is InChI=1S/C16H20N4O.ClH/c1-10-6-7-17-11(2)14(10)20-16(21)12-4-3-5-13-15(12)19-9-8-18-13;/h3-5,8-11,14,17H,6-7H2,1-2H3,(H,20,21);1H. The maximum atomic E-state index is 12.6. The molecule has 1 amide bonds. The molecule has 1 fully saturated rings. The van der Waals surface area contributed by atoms with Gasteiger partial charge in [-0.05, 0) is 37.9 Å². The third kappa shape index (κ3) is 3.20. The predicted molar refractivity (Wildman–Crippen MR) is 89.3 cm³/mol. The lowest BCUT2D eigenvalue weighted by Gasteiger charge is -2.36. The van der Waals surface area contributed by atoms with Crippen LogP contribution in [0.3, 0.4) is 0 Å². The Morgan fingerprint density at radius 1 is 1.27 bits per heavy atom. The Morgan fingerprint density at radius 2 is 2.05 bits per heavy atom. The molecule has 1 aliphatic heterocycles. The van der Waals surface area contributed by atoms with E-state index in [1.807, 2.05) is 12.1 Å². The number of fused-ring (bicyclic) bond motifs is 1. The van der Waals surface area contributed by atoms with Gasteiger partial charge in [-0.15, -0.1) is 12.4 Å². The van der Waals surface area contributed by atoms with Crippen molar-refractivity contribution in [3.8, 4) is 0 Å². The van der Waals surface area contributed by atoms with Crippen LogP contribution >= 0.6 is 12.4 Å². The highest BCUT2D eigenvalue weighted by Crippen LogP contribution is 2.18. The van der Waals surface area contributed by atoms with Crippen LogP contribution in [0.4, 0.5) is 0 Å². The van der Waals surface area contributed by atoms with Gasteiger partial charge in [-0.1, -0.05) is 13.0 Å².